The fourth-order valence-corrected chi connectivity index (χ4v) is 2.67. The van der Waals surface area contributed by atoms with Gasteiger partial charge in [-0.15, -0.1) is 0 Å². The van der Waals surface area contributed by atoms with Crippen LogP contribution in [0.2, 0.25) is 5.02 Å². The number of benzene rings is 2. The number of nitrogens with two attached hydrogens (primary N) is 1. The van der Waals surface area contributed by atoms with Crippen LogP contribution in [0.5, 0.6) is 5.75 Å². The molecule has 0 heterocycles. The number of hydrogen-bond donors (Lipinski definition) is 1. The molecule has 2 aromatic rings. The maximum atomic E-state index is 13.8. The highest BCUT2D eigenvalue weighted by Gasteiger charge is 2.14. The van der Waals surface area contributed by atoms with Gasteiger partial charge in [-0.2, -0.15) is 0 Å². The van der Waals surface area contributed by atoms with Gasteiger partial charge >= 0.3 is 0 Å². The average molecular weight is 359 g/mol. The molecule has 20 heavy (non-hydrogen) atoms. The van der Waals surface area contributed by atoms with Crippen molar-refractivity contribution in [1.82, 2.24) is 0 Å². The van der Waals surface area contributed by atoms with Crippen LogP contribution in [0.15, 0.2) is 40.9 Å². The Morgan fingerprint density at radius 1 is 1.30 bits per heavy atom. The van der Waals surface area contributed by atoms with E-state index in [2.05, 4.69) is 15.9 Å². The van der Waals surface area contributed by atoms with E-state index in [1.165, 1.54) is 6.07 Å². The standard InChI is InChI=1S/C15H14BrClFNO/c1-20-11-4-5-13(16)12(8-11)15(19)6-9-2-3-10(17)7-14(9)18/h2-5,7-8,15H,6,19H2,1H3. The van der Waals surface area contributed by atoms with Crippen molar-refractivity contribution < 1.29 is 9.13 Å². The van der Waals surface area contributed by atoms with Crippen LogP contribution in [-0.2, 0) is 6.42 Å². The van der Waals surface area contributed by atoms with Gasteiger partial charge in [-0.1, -0.05) is 33.6 Å². The molecular weight excluding hydrogens is 345 g/mol. The van der Waals surface area contributed by atoms with Crippen LogP contribution in [0.3, 0.4) is 0 Å². The van der Waals surface area contributed by atoms with Gasteiger partial charge in [-0.05, 0) is 47.9 Å². The van der Waals surface area contributed by atoms with E-state index in [0.29, 0.717) is 17.0 Å². The van der Waals surface area contributed by atoms with Gasteiger partial charge < -0.3 is 10.5 Å². The molecular formula is C15H14BrClFNO. The van der Waals surface area contributed by atoms with E-state index in [0.717, 1.165) is 15.8 Å². The molecule has 1 unspecified atom stereocenters. The fourth-order valence-electron chi connectivity index (χ4n) is 1.97. The lowest BCUT2D eigenvalue weighted by molar-refractivity contribution is 0.413. The predicted octanol–water partition coefficient (Wildman–Crippen LogP) is 4.49. The highest BCUT2D eigenvalue weighted by atomic mass is 79.9. The average Bonchev–Trinajstić information content (AvgIpc) is 2.42. The minimum Gasteiger partial charge on any atom is -0.497 e. The quantitative estimate of drug-likeness (QED) is 0.874. The summed E-state index contributed by atoms with van der Waals surface area (Å²) in [7, 11) is 1.59. The maximum Gasteiger partial charge on any atom is 0.127 e. The Morgan fingerprint density at radius 2 is 2.05 bits per heavy atom. The smallest absolute Gasteiger partial charge is 0.127 e. The first-order valence-corrected chi connectivity index (χ1v) is 7.21. The van der Waals surface area contributed by atoms with Gasteiger partial charge in [-0.25, -0.2) is 4.39 Å². The normalized spacial score (nSPS) is 12.2. The first-order chi connectivity index (χ1) is 9.51. The zero-order valence-corrected chi connectivity index (χ0v) is 13.2. The van der Waals surface area contributed by atoms with Gasteiger partial charge in [0.2, 0.25) is 0 Å². The zero-order chi connectivity index (χ0) is 14.7. The maximum absolute atomic E-state index is 13.8. The van der Waals surface area contributed by atoms with Crippen molar-refractivity contribution >= 4 is 27.5 Å². The number of halogens is 3. The van der Waals surface area contributed by atoms with Crippen LogP contribution in [0.1, 0.15) is 17.2 Å². The van der Waals surface area contributed by atoms with Crippen LogP contribution < -0.4 is 10.5 Å². The number of rotatable bonds is 4. The second-order valence-corrected chi connectivity index (χ2v) is 5.72. The molecule has 0 saturated carbocycles. The third-order valence-electron chi connectivity index (χ3n) is 3.06. The Balaban J connectivity index is 2.25. The molecule has 0 radical (unpaired) electrons. The van der Waals surface area contributed by atoms with E-state index < -0.39 is 0 Å². The van der Waals surface area contributed by atoms with Crippen molar-refractivity contribution in [3.05, 3.63) is 62.8 Å². The monoisotopic (exact) mass is 357 g/mol. The minimum atomic E-state index is -0.341. The number of ether oxygens (including phenoxy) is 1. The third-order valence-corrected chi connectivity index (χ3v) is 4.01. The van der Waals surface area contributed by atoms with Gasteiger partial charge in [0, 0.05) is 15.5 Å². The van der Waals surface area contributed by atoms with Crippen LogP contribution in [0, 0.1) is 5.82 Å². The Hall–Kier alpha value is -1.10. The molecule has 0 bridgehead atoms. The molecule has 0 aliphatic carbocycles. The van der Waals surface area contributed by atoms with E-state index in [1.54, 1.807) is 19.2 Å². The molecule has 2 aromatic carbocycles. The van der Waals surface area contributed by atoms with Crippen LogP contribution in [0.25, 0.3) is 0 Å². The molecule has 0 aromatic heterocycles. The van der Waals surface area contributed by atoms with Crippen molar-refractivity contribution in [2.24, 2.45) is 5.73 Å². The van der Waals surface area contributed by atoms with E-state index in [4.69, 9.17) is 22.1 Å². The van der Waals surface area contributed by atoms with Crippen LogP contribution in [-0.4, -0.2) is 7.11 Å². The van der Waals surface area contributed by atoms with Crippen LogP contribution in [0.4, 0.5) is 4.39 Å². The van der Waals surface area contributed by atoms with Crippen molar-refractivity contribution in [3.8, 4) is 5.75 Å². The molecule has 5 heteroatoms. The molecule has 0 fully saturated rings. The topological polar surface area (TPSA) is 35.2 Å². The molecule has 1 atom stereocenters. The van der Waals surface area contributed by atoms with E-state index in [9.17, 15) is 4.39 Å². The Kier molecular flexibility index (Phi) is 5.02. The lowest BCUT2D eigenvalue weighted by atomic mass is 9.99. The summed E-state index contributed by atoms with van der Waals surface area (Å²) in [6.07, 6.45) is 0.384. The van der Waals surface area contributed by atoms with E-state index >= 15 is 0 Å². The van der Waals surface area contributed by atoms with Gasteiger partial charge in [-0.3, -0.25) is 0 Å². The summed E-state index contributed by atoms with van der Waals surface area (Å²) in [6.45, 7) is 0. The van der Waals surface area contributed by atoms with E-state index in [-0.39, 0.29) is 11.9 Å². The van der Waals surface area contributed by atoms with Crippen molar-refractivity contribution in [1.29, 1.82) is 0 Å². The summed E-state index contributed by atoms with van der Waals surface area (Å²) in [6, 6.07) is 9.83. The van der Waals surface area contributed by atoms with Crippen molar-refractivity contribution in [3.63, 3.8) is 0 Å². The predicted molar refractivity (Wildman–Crippen MR) is 82.7 cm³/mol. The molecule has 0 amide bonds. The molecule has 0 aliphatic rings. The summed E-state index contributed by atoms with van der Waals surface area (Å²) >= 11 is 9.19. The SMILES string of the molecule is COc1ccc(Br)c(C(N)Cc2ccc(Cl)cc2F)c1. The second kappa shape index (κ2) is 6.57. The fraction of sp³-hybridized carbons (Fsp3) is 0.200. The molecule has 2 nitrogen and oxygen atoms in total. The molecule has 2 N–H and O–H groups in total. The highest BCUT2D eigenvalue weighted by molar-refractivity contribution is 9.10. The van der Waals surface area contributed by atoms with Crippen molar-refractivity contribution in [2.75, 3.05) is 7.11 Å². The summed E-state index contributed by atoms with van der Waals surface area (Å²) in [5.41, 5.74) is 7.59. The summed E-state index contributed by atoms with van der Waals surface area (Å²) < 4.78 is 19.9. The number of methoxy groups -OCH3 is 1. The molecule has 0 saturated heterocycles. The van der Waals surface area contributed by atoms with Crippen molar-refractivity contribution in [2.45, 2.75) is 12.5 Å². The Labute approximate surface area is 130 Å². The lowest BCUT2D eigenvalue weighted by Crippen LogP contribution is -2.15. The first kappa shape index (κ1) is 15.3. The van der Waals surface area contributed by atoms with Gasteiger partial charge in [0.05, 0.1) is 7.11 Å². The summed E-state index contributed by atoms with van der Waals surface area (Å²) in [5.74, 6) is 0.377. The number of hydrogen-bond acceptors (Lipinski definition) is 2. The molecule has 106 valence electrons. The second-order valence-electron chi connectivity index (χ2n) is 4.43. The minimum absolute atomic E-state index is 0.338. The summed E-state index contributed by atoms with van der Waals surface area (Å²) in [4.78, 5) is 0. The third kappa shape index (κ3) is 3.51. The lowest BCUT2D eigenvalue weighted by Gasteiger charge is -2.15. The van der Waals surface area contributed by atoms with Crippen LogP contribution >= 0.6 is 27.5 Å². The molecule has 2 rings (SSSR count). The zero-order valence-electron chi connectivity index (χ0n) is 10.9. The molecule has 0 spiro atoms. The first-order valence-electron chi connectivity index (χ1n) is 6.04. The highest BCUT2D eigenvalue weighted by Crippen LogP contribution is 2.29. The molecule has 0 aliphatic heterocycles. The van der Waals surface area contributed by atoms with Gasteiger partial charge in [0.1, 0.15) is 11.6 Å². The Bertz CT molecular complexity index is 621. The van der Waals surface area contributed by atoms with Gasteiger partial charge in [0.15, 0.2) is 0 Å². The van der Waals surface area contributed by atoms with Gasteiger partial charge in [0.25, 0.3) is 0 Å². The largest absolute Gasteiger partial charge is 0.497 e. The Morgan fingerprint density at radius 3 is 2.70 bits per heavy atom. The summed E-state index contributed by atoms with van der Waals surface area (Å²) in [5, 5.41) is 0.377. The van der Waals surface area contributed by atoms with E-state index in [1.807, 2.05) is 18.2 Å².